The number of nitrogens with one attached hydrogen (secondary N) is 1. The summed E-state index contributed by atoms with van der Waals surface area (Å²) in [5.74, 6) is 0. The minimum atomic E-state index is -0.566. The van der Waals surface area contributed by atoms with Crippen molar-refractivity contribution < 1.29 is 4.92 Å². The number of nitro groups is 1. The Labute approximate surface area is 99.2 Å². The first-order valence-corrected chi connectivity index (χ1v) is 5.26. The van der Waals surface area contributed by atoms with Crippen molar-refractivity contribution >= 4 is 11.4 Å². The largest absolute Gasteiger partial charge is 0.383 e. The van der Waals surface area contributed by atoms with E-state index in [0.717, 1.165) is 6.42 Å². The standard InChI is InChI=1S/C11H14N4O2/c1-2-9(13)7-14-10-4-3-8(6-12)11(5-10)15(16)17/h3-5,9,14H,2,7,13H2,1H3. The molecule has 1 rings (SSSR count). The number of hydrogen-bond acceptors (Lipinski definition) is 5. The highest BCUT2D eigenvalue weighted by atomic mass is 16.6. The Kier molecular flexibility index (Phi) is 4.43. The van der Waals surface area contributed by atoms with Crippen LogP contribution in [-0.4, -0.2) is 17.5 Å². The maximum atomic E-state index is 10.7. The highest BCUT2D eigenvalue weighted by Crippen LogP contribution is 2.22. The van der Waals surface area contributed by atoms with Crippen molar-refractivity contribution in [2.24, 2.45) is 5.73 Å². The average molecular weight is 234 g/mol. The molecule has 0 aliphatic carbocycles. The number of nitro benzene ring substituents is 1. The molecule has 0 aromatic heterocycles. The van der Waals surface area contributed by atoms with Gasteiger partial charge in [-0.25, -0.2) is 0 Å². The zero-order chi connectivity index (χ0) is 12.8. The van der Waals surface area contributed by atoms with Gasteiger partial charge in [-0.2, -0.15) is 5.26 Å². The molecule has 0 heterocycles. The molecule has 90 valence electrons. The van der Waals surface area contributed by atoms with Gasteiger partial charge in [0.1, 0.15) is 11.6 Å². The van der Waals surface area contributed by atoms with E-state index in [1.165, 1.54) is 12.1 Å². The summed E-state index contributed by atoms with van der Waals surface area (Å²) in [6.07, 6.45) is 0.825. The van der Waals surface area contributed by atoms with E-state index in [9.17, 15) is 10.1 Å². The highest BCUT2D eigenvalue weighted by Gasteiger charge is 2.14. The molecule has 0 saturated carbocycles. The van der Waals surface area contributed by atoms with Crippen molar-refractivity contribution in [3.63, 3.8) is 0 Å². The van der Waals surface area contributed by atoms with E-state index in [4.69, 9.17) is 11.0 Å². The van der Waals surface area contributed by atoms with Crippen LogP contribution in [0.2, 0.25) is 0 Å². The van der Waals surface area contributed by atoms with E-state index >= 15 is 0 Å². The van der Waals surface area contributed by atoms with E-state index in [-0.39, 0.29) is 17.3 Å². The first-order chi connectivity index (χ1) is 8.08. The molecule has 1 atom stereocenters. The molecule has 0 fully saturated rings. The zero-order valence-electron chi connectivity index (χ0n) is 9.51. The van der Waals surface area contributed by atoms with E-state index in [1.54, 1.807) is 12.1 Å². The van der Waals surface area contributed by atoms with E-state index in [0.29, 0.717) is 12.2 Å². The minimum absolute atomic E-state index is 0.00435. The summed E-state index contributed by atoms with van der Waals surface area (Å²) in [4.78, 5) is 10.2. The summed E-state index contributed by atoms with van der Waals surface area (Å²) in [5, 5.41) is 22.5. The van der Waals surface area contributed by atoms with Gasteiger partial charge in [-0.3, -0.25) is 10.1 Å². The molecule has 0 saturated heterocycles. The van der Waals surface area contributed by atoms with Crippen LogP contribution in [0.3, 0.4) is 0 Å². The molecule has 1 unspecified atom stereocenters. The van der Waals surface area contributed by atoms with Gasteiger partial charge in [0.15, 0.2) is 0 Å². The number of hydrogen-bond donors (Lipinski definition) is 2. The van der Waals surface area contributed by atoms with Crippen molar-refractivity contribution in [3.8, 4) is 6.07 Å². The molecule has 6 heteroatoms. The van der Waals surface area contributed by atoms with Crippen molar-refractivity contribution in [2.45, 2.75) is 19.4 Å². The van der Waals surface area contributed by atoms with Crippen molar-refractivity contribution in [3.05, 3.63) is 33.9 Å². The second kappa shape index (κ2) is 5.82. The molecule has 0 aliphatic heterocycles. The summed E-state index contributed by atoms with van der Waals surface area (Å²) < 4.78 is 0. The highest BCUT2D eigenvalue weighted by molar-refractivity contribution is 5.59. The van der Waals surface area contributed by atoms with E-state index < -0.39 is 4.92 Å². The zero-order valence-corrected chi connectivity index (χ0v) is 9.51. The molecule has 0 radical (unpaired) electrons. The van der Waals surface area contributed by atoms with Gasteiger partial charge < -0.3 is 11.1 Å². The predicted octanol–water partition coefficient (Wildman–Crippen LogP) is 1.62. The Hall–Kier alpha value is -2.13. The van der Waals surface area contributed by atoms with Crippen molar-refractivity contribution in [1.29, 1.82) is 5.26 Å². The van der Waals surface area contributed by atoms with Crippen LogP contribution in [0.1, 0.15) is 18.9 Å². The van der Waals surface area contributed by atoms with Gasteiger partial charge in [-0.05, 0) is 18.6 Å². The second-order valence-electron chi connectivity index (χ2n) is 3.65. The van der Waals surface area contributed by atoms with Crippen LogP contribution in [-0.2, 0) is 0 Å². The Morgan fingerprint density at radius 1 is 1.65 bits per heavy atom. The third-order valence-corrected chi connectivity index (χ3v) is 2.41. The third kappa shape index (κ3) is 3.43. The van der Waals surface area contributed by atoms with E-state index in [1.807, 2.05) is 6.92 Å². The molecule has 0 bridgehead atoms. The molecule has 1 aromatic rings. The molecule has 6 nitrogen and oxygen atoms in total. The lowest BCUT2D eigenvalue weighted by Gasteiger charge is -2.11. The molecule has 1 aromatic carbocycles. The fourth-order valence-corrected chi connectivity index (χ4v) is 1.28. The first-order valence-electron chi connectivity index (χ1n) is 5.26. The van der Waals surface area contributed by atoms with Crippen LogP contribution in [0.4, 0.5) is 11.4 Å². The van der Waals surface area contributed by atoms with Gasteiger partial charge in [0, 0.05) is 24.3 Å². The molecule has 0 amide bonds. The molecule has 3 N–H and O–H groups in total. The summed E-state index contributed by atoms with van der Waals surface area (Å²) in [6.45, 7) is 2.51. The lowest BCUT2D eigenvalue weighted by atomic mass is 10.1. The van der Waals surface area contributed by atoms with Crippen molar-refractivity contribution in [2.75, 3.05) is 11.9 Å². The number of anilines is 1. The number of benzene rings is 1. The van der Waals surface area contributed by atoms with Crippen LogP contribution in [0.25, 0.3) is 0 Å². The Morgan fingerprint density at radius 3 is 2.88 bits per heavy atom. The SMILES string of the molecule is CCC(N)CNc1ccc(C#N)c([N+](=O)[O-])c1. The second-order valence-corrected chi connectivity index (χ2v) is 3.65. The molecule has 0 aliphatic rings. The summed E-state index contributed by atoms with van der Waals surface area (Å²) in [7, 11) is 0. The molecule has 0 spiro atoms. The van der Waals surface area contributed by atoms with Crippen LogP contribution in [0.15, 0.2) is 18.2 Å². The number of nitriles is 1. The van der Waals surface area contributed by atoms with Gasteiger partial charge in [0.2, 0.25) is 0 Å². The topological polar surface area (TPSA) is 105 Å². The maximum absolute atomic E-state index is 10.7. The lowest BCUT2D eigenvalue weighted by Crippen LogP contribution is -2.27. The summed E-state index contributed by atoms with van der Waals surface area (Å²) in [6, 6.07) is 6.20. The maximum Gasteiger partial charge on any atom is 0.289 e. The van der Waals surface area contributed by atoms with Crippen LogP contribution in [0.5, 0.6) is 0 Å². The van der Waals surface area contributed by atoms with Gasteiger partial charge in [0.25, 0.3) is 5.69 Å². The molecular weight excluding hydrogens is 220 g/mol. The van der Waals surface area contributed by atoms with E-state index in [2.05, 4.69) is 5.32 Å². The third-order valence-electron chi connectivity index (χ3n) is 2.41. The lowest BCUT2D eigenvalue weighted by molar-refractivity contribution is -0.385. The van der Waals surface area contributed by atoms with Gasteiger partial charge >= 0.3 is 0 Å². The fourth-order valence-electron chi connectivity index (χ4n) is 1.28. The van der Waals surface area contributed by atoms with Gasteiger partial charge in [0.05, 0.1) is 4.92 Å². The summed E-state index contributed by atoms with van der Waals surface area (Å²) >= 11 is 0. The van der Waals surface area contributed by atoms with Gasteiger partial charge in [-0.1, -0.05) is 6.92 Å². The molecule has 17 heavy (non-hydrogen) atoms. The van der Waals surface area contributed by atoms with Gasteiger partial charge in [-0.15, -0.1) is 0 Å². The fraction of sp³-hybridized carbons (Fsp3) is 0.364. The summed E-state index contributed by atoms with van der Waals surface area (Å²) in [5.41, 5.74) is 6.19. The Balaban J connectivity index is 2.86. The Morgan fingerprint density at radius 2 is 2.35 bits per heavy atom. The average Bonchev–Trinajstić information content (AvgIpc) is 2.35. The number of nitrogens with zero attached hydrogens (tertiary/aromatic N) is 2. The normalized spacial score (nSPS) is 11.6. The van der Waals surface area contributed by atoms with Crippen LogP contribution < -0.4 is 11.1 Å². The quantitative estimate of drug-likeness (QED) is 0.594. The predicted molar refractivity (Wildman–Crippen MR) is 64.6 cm³/mol. The Bertz CT molecular complexity index is 453. The number of rotatable bonds is 5. The minimum Gasteiger partial charge on any atom is -0.383 e. The molecular formula is C11H14N4O2. The number of nitrogens with two attached hydrogens (primary N) is 1. The van der Waals surface area contributed by atoms with Crippen molar-refractivity contribution in [1.82, 2.24) is 0 Å². The first kappa shape index (κ1) is 12.9. The van der Waals surface area contributed by atoms with Crippen LogP contribution >= 0.6 is 0 Å². The smallest absolute Gasteiger partial charge is 0.289 e. The van der Waals surface area contributed by atoms with Crippen LogP contribution in [0, 0.1) is 21.4 Å². The monoisotopic (exact) mass is 234 g/mol.